The average molecular weight is 469 g/mol. The van der Waals surface area contributed by atoms with Crippen LogP contribution in [0.1, 0.15) is 23.0 Å². The Kier molecular flexibility index (Phi) is 6.65. The number of halogens is 1. The van der Waals surface area contributed by atoms with Gasteiger partial charge in [-0.15, -0.1) is 0 Å². The number of ketones is 1. The normalized spacial score (nSPS) is 13.6. The number of para-hydroxylation sites is 1. The minimum atomic E-state index is -0.833. The number of carbonyl (C=O) groups is 3. The molecule has 0 aliphatic carbocycles. The second-order valence-electron chi connectivity index (χ2n) is 7.35. The van der Waals surface area contributed by atoms with Crippen molar-refractivity contribution in [1.82, 2.24) is 5.32 Å². The van der Waals surface area contributed by atoms with Crippen LogP contribution in [0.25, 0.3) is 0 Å². The lowest BCUT2D eigenvalue weighted by atomic mass is 10.1. The molecule has 1 aliphatic rings. The van der Waals surface area contributed by atoms with E-state index in [9.17, 15) is 14.4 Å². The number of Topliss-reactive ketones (excluding diaryl/α,β-unsaturated/α-hetero) is 1. The lowest BCUT2D eigenvalue weighted by molar-refractivity contribution is -0.127. The Bertz CT molecular complexity index is 1180. The second-order valence-corrected chi connectivity index (χ2v) is 7.76. The lowest BCUT2D eigenvalue weighted by Crippen LogP contribution is -2.51. The number of hydrogen-bond donors (Lipinski definition) is 1. The zero-order valence-electron chi connectivity index (χ0n) is 17.7. The van der Waals surface area contributed by atoms with Crippen molar-refractivity contribution >= 4 is 34.9 Å². The second kappa shape index (κ2) is 9.79. The third-order valence-electron chi connectivity index (χ3n) is 5.14. The fourth-order valence-electron chi connectivity index (χ4n) is 3.41. The molecule has 0 bridgehead atoms. The Labute approximate surface area is 195 Å². The minimum absolute atomic E-state index is 0.194. The predicted molar refractivity (Wildman–Crippen MR) is 121 cm³/mol. The van der Waals surface area contributed by atoms with Gasteiger partial charge in [0.25, 0.3) is 5.91 Å². The molecular weight excluding hydrogens is 448 g/mol. The molecule has 1 aliphatic heterocycles. The van der Waals surface area contributed by atoms with Gasteiger partial charge in [0.05, 0.1) is 23.5 Å². The smallest absolute Gasteiger partial charge is 0.265 e. The van der Waals surface area contributed by atoms with Crippen LogP contribution in [-0.4, -0.2) is 36.9 Å². The van der Waals surface area contributed by atoms with Crippen molar-refractivity contribution in [2.24, 2.45) is 0 Å². The van der Waals surface area contributed by atoms with Crippen molar-refractivity contribution in [2.75, 3.05) is 18.1 Å². The standard InChI is InChI=1S/C24H21ClN2O6/c1-15(24(30)26-12-17-5-4-10-31-17)27-19-11-16(8-9-22(19)33-14-23(27)29)20(28)13-32-21-7-3-2-6-18(21)25/h2-11,15H,12-14H2,1H3,(H,26,30). The van der Waals surface area contributed by atoms with E-state index in [1.54, 1.807) is 55.5 Å². The van der Waals surface area contributed by atoms with Crippen molar-refractivity contribution in [2.45, 2.75) is 19.5 Å². The van der Waals surface area contributed by atoms with E-state index in [0.29, 0.717) is 33.5 Å². The lowest BCUT2D eigenvalue weighted by Gasteiger charge is -2.33. The van der Waals surface area contributed by atoms with Gasteiger partial charge in [-0.3, -0.25) is 19.3 Å². The number of nitrogens with zero attached hydrogens (tertiary/aromatic N) is 1. The van der Waals surface area contributed by atoms with E-state index in [0.717, 1.165) is 0 Å². The molecule has 33 heavy (non-hydrogen) atoms. The summed E-state index contributed by atoms with van der Waals surface area (Å²) in [5.41, 5.74) is 0.655. The maximum absolute atomic E-state index is 12.7. The molecule has 0 spiro atoms. The van der Waals surface area contributed by atoms with Gasteiger partial charge in [0, 0.05) is 5.56 Å². The molecule has 0 fully saturated rings. The predicted octanol–water partition coefficient (Wildman–Crippen LogP) is 3.63. The van der Waals surface area contributed by atoms with Crippen LogP contribution < -0.4 is 19.7 Å². The molecule has 8 nitrogen and oxygen atoms in total. The van der Waals surface area contributed by atoms with Crippen LogP contribution in [0.2, 0.25) is 5.02 Å². The summed E-state index contributed by atoms with van der Waals surface area (Å²) in [6, 6.07) is 14.2. The molecule has 2 amide bonds. The van der Waals surface area contributed by atoms with Crippen LogP contribution in [0.3, 0.4) is 0 Å². The number of furan rings is 1. The summed E-state index contributed by atoms with van der Waals surface area (Å²) in [5, 5.41) is 3.15. The fraction of sp³-hybridized carbons (Fsp3) is 0.208. The van der Waals surface area contributed by atoms with Crippen molar-refractivity contribution < 1.29 is 28.3 Å². The molecule has 1 N–H and O–H groups in total. The van der Waals surface area contributed by atoms with E-state index in [1.165, 1.54) is 17.2 Å². The highest BCUT2D eigenvalue weighted by Crippen LogP contribution is 2.34. The zero-order chi connectivity index (χ0) is 23.4. The van der Waals surface area contributed by atoms with E-state index in [2.05, 4.69) is 5.32 Å². The Morgan fingerprint density at radius 3 is 2.76 bits per heavy atom. The number of hydrogen-bond acceptors (Lipinski definition) is 6. The van der Waals surface area contributed by atoms with Gasteiger partial charge < -0.3 is 19.2 Å². The maximum atomic E-state index is 12.7. The molecule has 4 rings (SSSR count). The zero-order valence-corrected chi connectivity index (χ0v) is 18.5. The third kappa shape index (κ3) is 5.01. The molecule has 2 heterocycles. The Balaban J connectivity index is 1.50. The molecule has 1 aromatic heterocycles. The minimum Gasteiger partial charge on any atom is -0.484 e. The van der Waals surface area contributed by atoms with Crippen LogP contribution in [0.15, 0.2) is 65.3 Å². The number of nitrogens with one attached hydrogen (secondary N) is 1. The van der Waals surface area contributed by atoms with Crippen molar-refractivity contribution in [3.05, 3.63) is 77.2 Å². The van der Waals surface area contributed by atoms with Crippen molar-refractivity contribution in [3.8, 4) is 11.5 Å². The fourth-order valence-corrected chi connectivity index (χ4v) is 3.60. The Hall–Kier alpha value is -3.78. The van der Waals surface area contributed by atoms with E-state index >= 15 is 0 Å². The van der Waals surface area contributed by atoms with Crippen LogP contribution in [0.5, 0.6) is 11.5 Å². The van der Waals surface area contributed by atoms with E-state index in [4.69, 9.17) is 25.5 Å². The molecule has 1 unspecified atom stereocenters. The quantitative estimate of drug-likeness (QED) is 0.507. The Morgan fingerprint density at radius 2 is 2.00 bits per heavy atom. The summed E-state index contributed by atoms with van der Waals surface area (Å²) >= 11 is 6.07. The van der Waals surface area contributed by atoms with Crippen molar-refractivity contribution in [1.29, 1.82) is 0 Å². The monoisotopic (exact) mass is 468 g/mol. The number of carbonyl (C=O) groups excluding carboxylic acids is 3. The van der Waals surface area contributed by atoms with Crippen LogP contribution >= 0.6 is 11.6 Å². The van der Waals surface area contributed by atoms with Gasteiger partial charge in [-0.25, -0.2) is 0 Å². The first kappa shape index (κ1) is 22.4. The molecule has 1 atom stereocenters. The van der Waals surface area contributed by atoms with Gasteiger partial charge in [0.1, 0.15) is 23.3 Å². The molecule has 9 heteroatoms. The van der Waals surface area contributed by atoms with Crippen LogP contribution in [-0.2, 0) is 16.1 Å². The number of amides is 2. The van der Waals surface area contributed by atoms with Gasteiger partial charge in [0.2, 0.25) is 5.91 Å². The molecule has 2 aromatic carbocycles. The molecular formula is C24H21ClN2O6. The largest absolute Gasteiger partial charge is 0.484 e. The SMILES string of the molecule is CC(C(=O)NCc1ccco1)N1C(=O)COc2ccc(C(=O)COc3ccccc3Cl)cc21. The topological polar surface area (TPSA) is 98.1 Å². The van der Waals surface area contributed by atoms with Gasteiger partial charge in [-0.05, 0) is 49.4 Å². The van der Waals surface area contributed by atoms with E-state index < -0.39 is 6.04 Å². The molecule has 170 valence electrons. The van der Waals surface area contributed by atoms with Crippen LogP contribution in [0.4, 0.5) is 5.69 Å². The van der Waals surface area contributed by atoms with E-state index in [-0.39, 0.29) is 37.4 Å². The van der Waals surface area contributed by atoms with Gasteiger partial charge in [-0.2, -0.15) is 0 Å². The molecule has 0 radical (unpaired) electrons. The van der Waals surface area contributed by atoms with Crippen LogP contribution in [0, 0.1) is 0 Å². The number of fused-ring (bicyclic) bond motifs is 1. The molecule has 0 saturated heterocycles. The first-order chi connectivity index (χ1) is 15.9. The average Bonchev–Trinajstić information content (AvgIpc) is 3.34. The number of rotatable bonds is 8. The summed E-state index contributed by atoms with van der Waals surface area (Å²) in [4.78, 5) is 39.4. The van der Waals surface area contributed by atoms with Crippen molar-refractivity contribution in [3.63, 3.8) is 0 Å². The number of anilines is 1. The number of benzene rings is 2. The first-order valence-corrected chi connectivity index (χ1v) is 10.6. The van der Waals surface area contributed by atoms with Gasteiger partial charge in [-0.1, -0.05) is 23.7 Å². The van der Waals surface area contributed by atoms with Gasteiger partial charge >= 0.3 is 0 Å². The molecule has 0 saturated carbocycles. The summed E-state index contributed by atoms with van der Waals surface area (Å²) in [6.07, 6.45) is 1.51. The third-order valence-corrected chi connectivity index (χ3v) is 5.45. The van der Waals surface area contributed by atoms with Gasteiger partial charge in [0.15, 0.2) is 19.0 Å². The number of ether oxygens (including phenoxy) is 2. The summed E-state index contributed by atoms with van der Waals surface area (Å²) < 4.78 is 16.2. The summed E-state index contributed by atoms with van der Waals surface area (Å²) in [5.74, 6) is 0.323. The highest BCUT2D eigenvalue weighted by Gasteiger charge is 2.33. The van der Waals surface area contributed by atoms with E-state index in [1.807, 2.05) is 0 Å². The highest BCUT2D eigenvalue weighted by molar-refractivity contribution is 6.32. The Morgan fingerprint density at radius 1 is 1.18 bits per heavy atom. The highest BCUT2D eigenvalue weighted by atomic mass is 35.5. The summed E-state index contributed by atoms with van der Waals surface area (Å²) in [6.45, 7) is 1.36. The molecule has 3 aromatic rings. The maximum Gasteiger partial charge on any atom is 0.265 e. The first-order valence-electron chi connectivity index (χ1n) is 10.2. The summed E-state index contributed by atoms with van der Waals surface area (Å²) in [7, 11) is 0.